The molecule has 0 bridgehead atoms. The van der Waals surface area contributed by atoms with Gasteiger partial charge in [0.2, 0.25) is 0 Å². The van der Waals surface area contributed by atoms with Gasteiger partial charge in [-0.05, 0) is 66.9 Å². The van der Waals surface area contributed by atoms with Gasteiger partial charge < -0.3 is 5.32 Å². The van der Waals surface area contributed by atoms with Gasteiger partial charge in [0.15, 0.2) is 0 Å². The zero-order valence-corrected chi connectivity index (χ0v) is 13.6. The van der Waals surface area contributed by atoms with Gasteiger partial charge in [-0.25, -0.2) is 4.39 Å². The average Bonchev–Trinajstić information content (AvgIpc) is 2.45. The monoisotopic (exact) mass is 325 g/mol. The molecule has 0 saturated heterocycles. The topological polar surface area (TPSA) is 12.0 Å². The molecule has 21 heavy (non-hydrogen) atoms. The number of nitrogens with one attached hydrogen (secondary N) is 1. The number of likely N-dealkylation sites (N-methyl/N-ethyl adjacent to an activating group) is 1. The first-order chi connectivity index (χ1) is 10.0. The molecule has 0 heterocycles. The summed E-state index contributed by atoms with van der Waals surface area (Å²) < 4.78 is 13.6. The van der Waals surface area contributed by atoms with Gasteiger partial charge in [-0.2, -0.15) is 0 Å². The maximum Gasteiger partial charge on any atom is 0.123 e. The lowest BCUT2D eigenvalue weighted by Gasteiger charge is -2.21. The average molecular weight is 326 g/mol. The predicted octanol–water partition coefficient (Wildman–Crippen LogP) is 5.33. The first kappa shape index (κ1) is 16.3. The molecule has 1 atom stereocenters. The lowest BCUT2D eigenvalue weighted by Crippen LogP contribution is -2.24. The van der Waals surface area contributed by atoms with E-state index in [9.17, 15) is 4.39 Å². The summed E-state index contributed by atoms with van der Waals surface area (Å²) in [5.41, 5.74) is 2.96. The molecule has 0 radical (unpaired) electrons. The minimum absolute atomic E-state index is 0.00154. The maximum absolute atomic E-state index is 13.6. The zero-order chi connectivity index (χ0) is 15.4. The van der Waals surface area contributed by atoms with E-state index in [-0.39, 0.29) is 11.9 Å². The van der Waals surface area contributed by atoms with Crippen LogP contribution in [0.5, 0.6) is 0 Å². The van der Waals surface area contributed by atoms with Crippen LogP contribution in [-0.2, 0) is 6.42 Å². The number of rotatable bonds is 5. The van der Waals surface area contributed by atoms with Gasteiger partial charge in [0.05, 0.1) is 0 Å². The van der Waals surface area contributed by atoms with Gasteiger partial charge in [-0.3, -0.25) is 0 Å². The van der Waals surface area contributed by atoms with E-state index in [0.717, 1.165) is 23.2 Å². The lowest BCUT2D eigenvalue weighted by atomic mass is 9.95. The summed E-state index contributed by atoms with van der Waals surface area (Å²) >= 11 is 12.3. The van der Waals surface area contributed by atoms with Crippen molar-refractivity contribution in [1.82, 2.24) is 5.32 Å². The number of hydrogen-bond donors (Lipinski definition) is 1. The molecule has 0 amide bonds. The van der Waals surface area contributed by atoms with Crippen molar-refractivity contribution >= 4 is 23.2 Å². The second-order valence-electron chi connectivity index (χ2n) is 5.05. The van der Waals surface area contributed by atoms with Crippen LogP contribution < -0.4 is 5.32 Å². The smallest absolute Gasteiger partial charge is 0.123 e. The first-order valence-electron chi connectivity index (χ1n) is 6.94. The number of aryl methyl sites for hydroxylation is 1. The molecule has 0 saturated carbocycles. The van der Waals surface area contributed by atoms with Crippen molar-refractivity contribution in [3.8, 4) is 0 Å². The van der Waals surface area contributed by atoms with Gasteiger partial charge in [0.25, 0.3) is 0 Å². The second kappa shape index (κ2) is 7.26. The molecule has 0 aromatic heterocycles. The standard InChI is InChI=1S/C17H18Cl2FN/c1-3-21-17(15-10-14(20)6-4-11(15)2)9-12-8-13(18)5-7-16(12)19/h4-8,10,17,21H,3,9H2,1-2H3. The van der Waals surface area contributed by atoms with Crippen molar-refractivity contribution < 1.29 is 4.39 Å². The van der Waals surface area contributed by atoms with Crippen LogP contribution in [0.25, 0.3) is 0 Å². The van der Waals surface area contributed by atoms with Crippen LogP contribution in [0, 0.1) is 12.7 Å². The maximum atomic E-state index is 13.6. The summed E-state index contributed by atoms with van der Waals surface area (Å²) in [6.45, 7) is 4.80. The molecule has 2 rings (SSSR count). The highest BCUT2D eigenvalue weighted by Crippen LogP contribution is 2.28. The number of hydrogen-bond acceptors (Lipinski definition) is 1. The highest BCUT2D eigenvalue weighted by atomic mass is 35.5. The molecular weight excluding hydrogens is 308 g/mol. The third-order valence-corrected chi connectivity index (χ3v) is 4.10. The molecule has 112 valence electrons. The van der Waals surface area contributed by atoms with E-state index < -0.39 is 0 Å². The summed E-state index contributed by atoms with van der Waals surface area (Å²) in [4.78, 5) is 0. The molecule has 0 aliphatic carbocycles. The van der Waals surface area contributed by atoms with E-state index in [4.69, 9.17) is 23.2 Å². The van der Waals surface area contributed by atoms with E-state index in [1.165, 1.54) is 6.07 Å². The van der Waals surface area contributed by atoms with E-state index >= 15 is 0 Å². The SMILES string of the molecule is CCNC(Cc1cc(Cl)ccc1Cl)c1cc(F)ccc1C. The van der Waals surface area contributed by atoms with E-state index in [2.05, 4.69) is 5.32 Å². The van der Waals surface area contributed by atoms with Gasteiger partial charge >= 0.3 is 0 Å². The van der Waals surface area contributed by atoms with Crippen LogP contribution in [-0.4, -0.2) is 6.54 Å². The fourth-order valence-corrected chi connectivity index (χ4v) is 2.83. The van der Waals surface area contributed by atoms with E-state index in [1.807, 2.05) is 19.9 Å². The molecule has 2 aromatic carbocycles. The van der Waals surface area contributed by atoms with Gasteiger partial charge in [0.1, 0.15) is 5.82 Å². The Morgan fingerprint density at radius 1 is 1.14 bits per heavy atom. The summed E-state index contributed by atoms with van der Waals surface area (Å²) in [5.74, 6) is -0.226. The van der Waals surface area contributed by atoms with Crippen LogP contribution in [0.4, 0.5) is 4.39 Å². The Morgan fingerprint density at radius 2 is 1.90 bits per heavy atom. The Labute approximate surface area is 135 Å². The molecular formula is C17H18Cl2FN. The van der Waals surface area contributed by atoms with E-state index in [0.29, 0.717) is 16.5 Å². The van der Waals surface area contributed by atoms with Gasteiger partial charge in [-0.15, -0.1) is 0 Å². The molecule has 0 aliphatic rings. The minimum atomic E-state index is -0.226. The van der Waals surface area contributed by atoms with E-state index in [1.54, 1.807) is 24.3 Å². The molecule has 0 spiro atoms. The third kappa shape index (κ3) is 4.19. The predicted molar refractivity (Wildman–Crippen MR) is 87.7 cm³/mol. The highest BCUT2D eigenvalue weighted by molar-refractivity contribution is 6.33. The largest absolute Gasteiger partial charge is 0.310 e. The summed E-state index contributed by atoms with van der Waals surface area (Å²) in [6, 6.07) is 10.3. The van der Waals surface area contributed by atoms with Crippen LogP contribution >= 0.6 is 23.2 Å². The Hall–Kier alpha value is -1.09. The summed E-state index contributed by atoms with van der Waals surface area (Å²) in [6.07, 6.45) is 0.664. The zero-order valence-electron chi connectivity index (χ0n) is 12.1. The summed E-state index contributed by atoms with van der Waals surface area (Å²) in [7, 11) is 0. The first-order valence-corrected chi connectivity index (χ1v) is 7.70. The quantitative estimate of drug-likeness (QED) is 0.782. The normalized spacial score (nSPS) is 12.4. The third-order valence-electron chi connectivity index (χ3n) is 3.50. The molecule has 0 fully saturated rings. The highest BCUT2D eigenvalue weighted by Gasteiger charge is 2.16. The lowest BCUT2D eigenvalue weighted by molar-refractivity contribution is 0.540. The fourth-order valence-electron chi connectivity index (χ4n) is 2.44. The van der Waals surface area contributed by atoms with Gasteiger partial charge in [-0.1, -0.05) is 36.2 Å². The van der Waals surface area contributed by atoms with Crippen molar-refractivity contribution in [1.29, 1.82) is 0 Å². The van der Waals surface area contributed by atoms with Crippen molar-refractivity contribution in [3.05, 3.63) is 69.0 Å². The molecule has 1 unspecified atom stereocenters. The van der Waals surface area contributed by atoms with Gasteiger partial charge in [0, 0.05) is 16.1 Å². The van der Waals surface area contributed by atoms with Crippen LogP contribution in [0.3, 0.4) is 0 Å². The Morgan fingerprint density at radius 3 is 2.62 bits per heavy atom. The molecule has 0 aliphatic heterocycles. The second-order valence-corrected chi connectivity index (χ2v) is 5.89. The minimum Gasteiger partial charge on any atom is -0.310 e. The van der Waals surface area contributed by atoms with Crippen LogP contribution in [0.1, 0.15) is 29.7 Å². The Kier molecular flexibility index (Phi) is 5.63. The van der Waals surface area contributed by atoms with Crippen LogP contribution in [0.15, 0.2) is 36.4 Å². The molecule has 4 heteroatoms. The number of benzene rings is 2. The molecule has 2 aromatic rings. The Balaban J connectivity index is 2.35. The van der Waals surface area contributed by atoms with Crippen molar-refractivity contribution in [2.45, 2.75) is 26.3 Å². The summed E-state index contributed by atoms with van der Waals surface area (Å²) in [5, 5.41) is 4.72. The van der Waals surface area contributed by atoms with Crippen molar-refractivity contribution in [2.75, 3.05) is 6.54 Å². The number of halogens is 3. The molecule has 1 nitrogen and oxygen atoms in total. The van der Waals surface area contributed by atoms with Crippen molar-refractivity contribution in [2.24, 2.45) is 0 Å². The Bertz CT molecular complexity index is 628. The van der Waals surface area contributed by atoms with Crippen molar-refractivity contribution in [3.63, 3.8) is 0 Å². The molecule has 1 N–H and O–H groups in total. The fraction of sp³-hybridized carbons (Fsp3) is 0.294. The van der Waals surface area contributed by atoms with Crippen LogP contribution in [0.2, 0.25) is 10.0 Å².